The summed E-state index contributed by atoms with van der Waals surface area (Å²) in [7, 11) is 0. The summed E-state index contributed by atoms with van der Waals surface area (Å²) in [5.74, 6) is 1.49. The second-order valence-electron chi connectivity index (χ2n) is 5.49. The Morgan fingerprint density at radius 3 is 2.80 bits per heavy atom. The fourth-order valence-corrected chi connectivity index (χ4v) is 2.99. The number of hydrogen-bond donors (Lipinski definition) is 1. The van der Waals surface area contributed by atoms with E-state index in [1.54, 1.807) is 11.8 Å². The minimum atomic E-state index is -0.00607. The highest BCUT2D eigenvalue weighted by molar-refractivity contribution is 8.14. The molecule has 0 saturated carbocycles. The van der Waals surface area contributed by atoms with E-state index in [0.717, 1.165) is 41.0 Å². The molecule has 1 aromatic rings. The Kier molecular flexibility index (Phi) is 4.86. The molecule has 0 aromatic carbocycles. The Morgan fingerprint density at radius 2 is 2.20 bits per heavy atom. The summed E-state index contributed by atoms with van der Waals surface area (Å²) in [5, 5.41) is 8.16. The Bertz CT molecular complexity index is 534. The number of amides is 1. The molecule has 0 atom stereocenters. The fraction of sp³-hybridized carbons (Fsp3) is 0.643. The maximum atomic E-state index is 12.1. The molecule has 0 aliphatic carbocycles. The second-order valence-corrected chi connectivity index (χ2v) is 6.57. The summed E-state index contributed by atoms with van der Waals surface area (Å²) >= 11 is 1.60. The predicted molar refractivity (Wildman–Crippen MR) is 83.1 cm³/mol. The van der Waals surface area contributed by atoms with Gasteiger partial charge in [0.25, 0.3) is 0 Å². The molecule has 1 aliphatic rings. The highest BCUT2D eigenvalue weighted by Crippen LogP contribution is 2.16. The first kappa shape index (κ1) is 15.1. The van der Waals surface area contributed by atoms with Gasteiger partial charge in [-0.25, -0.2) is 0 Å². The molecule has 0 spiro atoms. The van der Waals surface area contributed by atoms with Crippen LogP contribution in [0.3, 0.4) is 0 Å². The zero-order chi connectivity index (χ0) is 14.7. The Morgan fingerprint density at radius 1 is 1.45 bits per heavy atom. The van der Waals surface area contributed by atoms with Gasteiger partial charge in [0, 0.05) is 23.6 Å². The molecule has 1 amide bonds. The number of aromatic nitrogens is 2. The van der Waals surface area contributed by atoms with Gasteiger partial charge in [0.05, 0.1) is 18.7 Å². The van der Waals surface area contributed by atoms with E-state index in [2.05, 4.69) is 29.3 Å². The van der Waals surface area contributed by atoms with Crippen LogP contribution in [0.25, 0.3) is 0 Å². The molecule has 1 N–H and O–H groups in total. The van der Waals surface area contributed by atoms with Crippen LogP contribution in [-0.4, -0.2) is 33.2 Å². The summed E-state index contributed by atoms with van der Waals surface area (Å²) in [5.41, 5.74) is 3.07. The van der Waals surface area contributed by atoms with Crippen LogP contribution in [0.2, 0.25) is 0 Å². The number of amidine groups is 1. The van der Waals surface area contributed by atoms with Crippen molar-refractivity contribution in [2.75, 3.05) is 12.3 Å². The van der Waals surface area contributed by atoms with E-state index >= 15 is 0 Å². The SMILES string of the molecule is Cc1nn(CC(C)C)c(C)c1CC(=O)NC1=NCCS1. The molecule has 0 unspecified atom stereocenters. The molecular weight excluding hydrogens is 272 g/mol. The topological polar surface area (TPSA) is 59.3 Å². The van der Waals surface area contributed by atoms with Gasteiger partial charge >= 0.3 is 0 Å². The molecular formula is C14H22N4OS. The molecule has 2 rings (SSSR count). The van der Waals surface area contributed by atoms with Crippen molar-refractivity contribution in [2.45, 2.75) is 40.7 Å². The molecule has 0 fully saturated rings. The molecule has 1 aromatic heterocycles. The van der Waals surface area contributed by atoms with Crippen LogP contribution >= 0.6 is 11.8 Å². The normalized spacial score (nSPS) is 14.8. The summed E-state index contributed by atoms with van der Waals surface area (Å²) in [6.45, 7) is 10.0. The van der Waals surface area contributed by atoms with Crippen LogP contribution in [0.1, 0.15) is 30.8 Å². The van der Waals surface area contributed by atoms with E-state index in [-0.39, 0.29) is 5.91 Å². The van der Waals surface area contributed by atoms with Gasteiger partial charge in [-0.05, 0) is 19.8 Å². The standard InChI is InChI=1S/C14H22N4OS/c1-9(2)8-18-11(4)12(10(3)17-18)7-13(19)16-14-15-5-6-20-14/h9H,5-8H2,1-4H3,(H,15,16,19). The van der Waals surface area contributed by atoms with Crippen LogP contribution in [-0.2, 0) is 17.8 Å². The third kappa shape index (κ3) is 3.62. The molecule has 0 saturated heterocycles. The van der Waals surface area contributed by atoms with Crippen molar-refractivity contribution in [3.05, 3.63) is 17.0 Å². The first-order valence-corrected chi connectivity index (χ1v) is 7.96. The number of aryl methyl sites for hydroxylation is 1. The molecule has 5 nitrogen and oxygen atoms in total. The van der Waals surface area contributed by atoms with Crippen molar-refractivity contribution in [1.82, 2.24) is 15.1 Å². The third-order valence-electron chi connectivity index (χ3n) is 3.24. The van der Waals surface area contributed by atoms with Crippen molar-refractivity contribution in [3.63, 3.8) is 0 Å². The number of nitrogens with zero attached hydrogens (tertiary/aromatic N) is 3. The molecule has 0 bridgehead atoms. The van der Waals surface area contributed by atoms with Crippen LogP contribution in [0, 0.1) is 19.8 Å². The van der Waals surface area contributed by atoms with Gasteiger partial charge in [-0.15, -0.1) is 0 Å². The zero-order valence-corrected chi connectivity index (χ0v) is 13.4. The summed E-state index contributed by atoms with van der Waals surface area (Å²) in [6.07, 6.45) is 0.370. The first-order chi connectivity index (χ1) is 9.47. The molecule has 2 heterocycles. The lowest BCUT2D eigenvalue weighted by atomic mass is 10.1. The van der Waals surface area contributed by atoms with Gasteiger partial charge in [0.2, 0.25) is 5.91 Å². The van der Waals surface area contributed by atoms with Crippen LogP contribution in [0.5, 0.6) is 0 Å². The Balaban J connectivity index is 2.04. The third-order valence-corrected chi connectivity index (χ3v) is 4.13. The van der Waals surface area contributed by atoms with E-state index < -0.39 is 0 Å². The fourth-order valence-electron chi connectivity index (χ4n) is 2.25. The zero-order valence-electron chi connectivity index (χ0n) is 12.6. The van der Waals surface area contributed by atoms with E-state index in [1.165, 1.54) is 0 Å². The lowest BCUT2D eigenvalue weighted by molar-refractivity contribution is -0.119. The number of rotatable bonds is 4. The average molecular weight is 294 g/mol. The average Bonchev–Trinajstić information content (AvgIpc) is 2.93. The Labute approximate surface area is 124 Å². The monoisotopic (exact) mass is 294 g/mol. The lowest BCUT2D eigenvalue weighted by Gasteiger charge is -2.08. The van der Waals surface area contributed by atoms with Gasteiger partial charge in [-0.2, -0.15) is 5.10 Å². The maximum absolute atomic E-state index is 12.1. The summed E-state index contributed by atoms with van der Waals surface area (Å²) < 4.78 is 2.00. The van der Waals surface area contributed by atoms with E-state index in [9.17, 15) is 4.79 Å². The lowest BCUT2D eigenvalue weighted by Crippen LogP contribution is -2.29. The quantitative estimate of drug-likeness (QED) is 0.923. The van der Waals surface area contributed by atoms with Crippen molar-refractivity contribution in [3.8, 4) is 0 Å². The van der Waals surface area contributed by atoms with E-state index in [1.807, 2.05) is 18.5 Å². The highest BCUT2D eigenvalue weighted by Gasteiger charge is 2.17. The van der Waals surface area contributed by atoms with Crippen LogP contribution in [0.4, 0.5) is 0 Å². The van der Waals surface area contributed by atoms with Crippen LogP contribution < -0.4 is 5.32 Å². The summed E-state index contributed by atoms with van der Waals surface area (Å²) in [4.78, 5) is 16.3. The molecule has 110 valence electrons. The summed E-state index contributed by atoms with van der Waals surface area (Å²) in [6, 6.07) is 0. The number of thioether (sulfide) groups is 1. The minimum Gasteiger partial charge on any atom is -0.305 e. The molecule has 1 aliphatic heterocycles. The predicted octanol–water partition coefficient (Wildman–Crippen LogP) is 1.92. The molecule has 6 heteroatoms. The van der Waals surface area contributed by atoms with Crippen LogP contribution in [0.15, 0.2) is 4.99 Å². The van der Waals surface area contributed by atoms with Gasteiger partial charge in [-0.3, -0.25) is 14.5 Å². The Hall–Kier alpha value is -1.30. The number of hydrogen-bond acceptors (Lipinski definition) is 4. The van der Waals surface area contributed by atoms with Gasteiger partial charge in [0.15, 0.2) is 5.17 Å². The van der Waals surface area contributed by atoms with Crippen molar-refractivity contribution in [1.29, 1.82) is 0 Å². The number of carbonyl (C=O) groups is 1. The second kappa shape index (κ2) is 6.43. The molecule has 20 heavy (non-hydrogen) atoms. The maximum Gasteiger partial charge on any atom is 0.230 e. The van der Waals surface area contributed by atoms with E-state index in [4.69, 9.17) is 0 Å². The first-order valence-electron chi connectivity index (χ1n) is 6.97. The van der Waals surface area contributed by atoms with Gasteiger partial charge in [-0.1, -0.05) is 25.6 Å². The van der Waals surface area contributed by atoms with Gasteiger partial charge in [0.1, 0.15) is 0 Å². The largest absolute Gasteiger partial charge is 0.305 e. The smallest absolute Gasteiger partial charge is 0.230 e. The van der Waals surface area contributed by atoms with Crippen molar-refractivity contribution < 1.29 is 4.79 Å². The van der Waals surface area contributed by atoms with E-state index in [0.29, 0.717) is 12.3 Å². The number of nitrogens with one attached hydrogen (secondary N) is 1. The number of carbonyl (C=O) groups excluding carboxylic acids is 1. The highest BCUT2D eigenvalue weighted by atomic mass is 32.2. The number of aliphatic imine (C=N–C) groups is 1. The minimum absolute atomic E-state index is 0.00607. The van der Waals surface area contributed by atoms with Crippen molar-refractivity contribution in [2.24, 2.45) is 10.9 Å². The molecule has 0 radical (unpaired) electrons. The van der Waals surface area contributed by atoms with Crippen molar-refractivity contribution >= 4 is 22.8 Å². The van der Waals surface area contributed by atoms with Gasteiger partial charge < -0.3 is 5.32 Å².